The van der Waals surface area contributed by atoms with Gasteiger partial charge in [0.05, 0.1) is 0 Å². The van der Waals surface area contributed by atoms with E-state index in [4.69, 9.17) is 4.18 Å². The summed E-state index contributed by atoms with van der Waals surface area (Å²) in [6, 6.07) is 9.56. The van der Waals surface area contributed by atoms with Crippen LogP contribution in [-0.4, -0.2) is 14.3 Å². The zero-order chi connectivity index (χ0) is 16.6. The average molecular weight is 396 g/mol. The minimum Gasteiger partial charge on any atom is -0.379 e. The van der Waals surface area contributed by atoms with Gasteiger partial charge in [-0.15, -0.1) is 0 Å². The molecule has 0 aromatic heterocycles. The summed E-state index contributed by atoms with van der Waals surface area (Å²) in [5, 5.41) is 2.75. The molecule has 23 heavy (non-hydrogen) atoms. The summed E-state index contributed by atoms with van der Waals surface area (Å²) in [6.07, 6.45) is 0.949. The Morgan fingerprint density at radius 1 is 1.13 bits per heavy atom. The van der Waals surface area contributed by atoms with Crippen LogP contribution in [0.2, 0.25) is 0 Å². The molecule has 2 aromatic rings. The van der Waals surface area contributed by atoms with Crippen LogP contribution in [0, 0.1) is 6.92 Å². The van der Waals surface area contributed by atoms with E-state index >= 15 is 0 Å². The lowest BCUT2D eigenvalue weighted by molar-refractivity contribution is -0.116. The van der Waals surface area contributed by atoms with Crippen molar-refractivity contribution in [3.63, 3.8) is 0 Å². The molecule has 120 valence electrons. The summed E-state index contributed by atoms with van der Waals surface area (Å²) < 4.78 is 30.8. The topological polar surface area (TPSA) is 72.5 Å². The number of fused-ring (bicyclic) bond motifs is 1. The highest BCUT2D eigenvalue weighted by Gasteiger charge is 2.20. The Morgan fingerprint density at radius 2 is 1.91 bits per heavy atom. The minimum atomic E-state index is -3.90. The molecule has 0 saturated heterocycles. The summed E-state index contributed by atoms with van der Waals surface area (Å²) in [7, 11) is -3.90. The number of halogens is 1. The van der Waals surface area contributed by atoms with Gasteiger partial charge in [0.1, 0.15) is 10.6 Å². The van der Waals surface area contributed by atoms with E-state index in [9.17, 15) is 13.2 Å². The van der Waals surface area contributed by atoms with E-state index in [2.05, 4.69) is 21.2 Å². The van der Waals surface area contributed by atoms with Gasteiger partial charge in [-0.05, 0) is 60.9 Å². The van der Waals surface area contributed by atoms with Crippen molar-refractivity contribution in [1.82, 2.24) is 0 Å². The molecule has 1 aliphatic rings. The average Bonchev–Trinajstić information content (AvgIpc) is 2.49. The molecule has 0 atom stereocenters. The van der Waals surface area contributed by atoms with Crippen LogP contribution in [-0.2, 0) is 21.3 Å². The maximum absolute atomic E-state index is 12.4. The van der Waals surface area contributed by atoms with Gasteiger partial charge in [0.25, 0.3) is 0 Å². The van der Waals surface area contributed by atoms with Crippen LogP contribution in [0.5, 0.6) is 5.75 Å². The zero-order valence-electron chi connectivity index (χ0n) is 12.3. The number of anilines is 1. The van der Waals surface area contributed by atoms with Crippen LogP contribution in [0.3, 0.4) is 0 Å². The summed E-state index contributed by atoms with van der Waals surface area (Å²) >= 11 is 3.34. The smallest absolute Gasteiger partial charge is 0.339 e. The molecule has 0 unspecified atom stereocenters. The van der Waals surface area contributed by atoms with E-state index in [1.807, 2.05) is 6.92 Å². The van der Waals surface area contributed by atoms with E-state index in [0.29, 0.717) is 18.5 Å². The highest BCUT2D eigenvalue weighted by atomic mass is 79.9. The van der Waals surface area contributed by atoms with Crippen molar-refractivity contribution >= 4 is 37.6 Å². The molecule has 0 bridgehead atoms. The lowest BCUT2D eigenvalue weighted by Gasteiger charge is -2.17. The van der Waals surface area contributed by atoms with Crippen LogP contribution in [0.1, 0.15) is 17.5 Å². The Hall–Kier alpha value is -1.86. The van der Waals surface area contributed by atoms with Crippen LogP contribution in [0.15, 0.2) is 45.8 Å². The van der Waals surface area contributed by atoms with Crippen molar-refractivity contribution in [3.8, 4) is 5.75 Å². The minimum absolute atomic E-state index is 0.0378. The molecule has 1 N–H and O–H groups in total. The van der Waals surface area contributed by atoms with Crippen LogP contribution < -0.4 is 9.50 Å². The normalized spacial score (nSPS) is 14.1. The molecule has 1 amide bonds. The van der Waals surface area contributed by atoms with Gasteiger partial charge >= 0.3 is 10.1 Å². The summed E-state index contributed by atoms with van der Waals surface area (Å²) in [6.45, 7) is 1.81. The fraction of sp³-hybridized carbons (Fsp3) is 0.188. The lowest BCUT2D eigenvalue weighted by atomic mass is 10.0. The first-order valence-corrected chi connectivity index (χ1v) is 9.19. The molecular weight excluding hydrogens is 382 g/mol. The first-order chi connectivity index (χ1) is 10.8. The predicted octanol–water partition coefficient (Wildman–Crippen LogP) is 3.41. The number of rotatable bonds is 3. The van der Waals surface area contributed by atoms with E-state index < -0.39 is 10.1 Å². The maximum atomic E-state index is 12.4. The second kappa shape index (κ2) is 5.98. The Kier molecular flexibility index (Phi) is 4.16. The van der Waals surface area contributed by atoms with Gasteiger partial charge in [-0.2, -0.15) is 8.42 Å². The Bertz CT molecular complexity index is 893. The fourth-order valence-corrected chi connectivity index (χ4v) is 3.61. The summed E-state index contributed by atoms with van der Waals surface area (Å²) in [5.74, 6) is 0.199. The lowest BCUT2D eigenvalue weighted by Crippen LogP contribution is -2.19. The molecule has 3 rings (SSSR count). The van der Waals surface area contributed by atoms with Crippen molar-refractivity contribution in [3.05, 3.63) is 52.0 Å². The summed E-state index contributed by atoms with van der Waals surface area (Å²) in [4.78, 5) is 11.4. The van der Waals surface area contributed by atoms with E-state index in [-0.39, 0.29) is 16.6 Å². The number of benzene rings is 2. The van der Waals surface area contributed by atoms with Gasteiger partial charge in [-0.3, -0.25) is 4.79 Å². The molecule has 7 heteroatoms. The van der Waals surface area contributed by atoms with Gasteiger partial charge < -0.3 is 9.50 Å². The first kappa shape index (κ1) is 16.0. The van der Waals surface area contributed by atoms with E-state index in [1.165, 1.54) is 12.1 Å². The van der Waals surface area contributed by atoms with Gasteiger partial charge in [0.15, 0.2) is 0 Å². The Morgan fingerprint density at radius 3 is 2.65 bits per heavy atom. The zero-order valence-corrected chi connectivity index (χ0v) is 14.7. The van der Waals surface area contributed by atoms with E-state index in [1.54, 1.807) is 24.3 Å². The van der Waals surface area contributed by atoms with Gasteiger partial charge in [0.2, 0.25) is 5.91 Å². The third-order valence-corrected chi connectivity index (χ3v) is 5.73. The second-order valence-electron chi connectivity index (χ2n) is 5.32. The second-order valence-corrected chi connectivity index (χ2v) is 7.72. The van der Waals surface area contributed by atoms with Gasteiger partial charge in [-0.25, -0.2) is 0 Å². The van der Waals surface area contributed by atoms with Gasteiger partial charge in [0, 0.05) is 16.6 Å². The maximum Gasteiger partial charge on any atom is 0.339 e. The third-order valence-electron chi connectivity index (χ3n) is 3.60. The van der Waals surface area contributed by atoms with Crippen LogP contribution in [0.4, 0.5) is 5.69 Å². The molecule has 0 fully saturated rings. The van der Waals surface area contributed by atoms with Crippen molar-refractivity contribution in [1.29, 1.82) is 0 Å². The molecule has 2 aromatic carbocycles. The number of carbonyl (C=O) groups is 1. The molecule has 5 nitrogen and oxygen atoms in total. The predicted molar refractivity (Wildman–Crippen MR) is 90.1 cm³/mol. The molecular formula is C16H14BrNO4S. The van der Waals surface area contributed by atoms with Crippen molar-refractivity contribution < 1.29 is 17.4 Å². The Labute approximate surface area is 142 Å². The monoisotopic (exact) mass is 395 g/mol. The number of hydrogen-bond acceptors (Lipinski definition) is 4. The number of nitrogens with one attached hydrogen (secondary N) is 1. The highest BCUT2D eigenvalue weighted by Crippen LogP contribution is 2.29. The van der Waals surface area contributed by atoms with Crippen molar-refractivity contribution in [2.45, 2.75) is 24.7 Å². The van der Waals surface area contributed by atoms with Crippen LogP contribution in [0.25, 0.3) is 0 Å². The number of carbonyl (C=O) groups excluding carboxylic acids is 1. The highest BCUT2D eigenvalue weighted by molar-refractivity contribution is 9.10. The molecule has 0 aliphatic carbocycles. The molecule has 1 heterocycles. The number of amides is 1. The van der Waals surface area contributed by atoms with Crippen molar-refractivity contribution in [2.75, 3.05) is 5.32 Å². The number of hydrogen-bond donors (Lipinski definition) is 1. The summed E-state index contributed by atoms with van der Waals surface area (Å²) in [5.41, 5.74) is 2.37. The SMILES string of the molecule is Cc1cc(S(=O)(=O)Oc2ccc3c(c2)CCC(=O)N3)ccc1Br. The largest absolute Gasteiger partial charge is 0.379 e. The molecule has 0 radical (unpaired) electrons. The van der Waals surface area contributed by atoms with Gasteiger partial charge in [-0.1, -0.05) is 15.9 Å². The molecule has 0 saturated carbocycles. The first-order valence-electron chi connectivity index (χ1n) is 6.98. The molecule has 0 spiro atoms. The van der Waals surface area contributed by atoms with Crippen LogP contribution >= 0.6 is 15.9 Å². The Balaban J connectivity index is 1.88. The molecule has 1 aliphatic heterocycles. The number of aryl methyl sites for hydroxylation is 2. The fourth-order valence-electron chi connectivity index (χ4n) is 2.36. The third kappa shape index (κ3) is 3.40. The van der Waals surface area contributed by atoms with Crippen molar-refractivity contribution in [2.24, 2.45) is 0 Å². The quantitative estimate of drug-likeness (QED) is 0.808. The van der Waals surface area contributed by atoms with E-state index in [0.717, 1.165) is 15.6 Å². The standard InChI is InChI=1S/C16H14BrNO4S/c1-10-8-13(4-5-14(10)17)23(20,21)22-12-3-6-15-11(9-12)2-7-16(19)18-15/h3-6,8-9H,2,7H2,1H3,(H,18,19).